The normalized spacial score (nSPS) is 21.5. The summed E-state index contributed by atoms with van der Waals surface area (Å²) in [6, 6.07) is 3.80. The van der Waals surface area contributed by atoms with Crippen molar-refractivity contribution in [3.8, 4) is 22.9 Å². The number of nitrogens with zero attached hydrogens (tertiary/aromatic N) is 5. The van der Waals surface area contributed by atoms with E-state index in [1.54, 1.807) is 7.11 Å². The number of carbonyl (C=O) groups excluding carboxylic acids is 1. The molecule has 3 aromatic heterocycles. The Balaban J connectivity index is 0.00000108. The number of aromatic nitrogens is 4. The topological polar surface area (TPSA) is 109 Å². The quantitative estimate of drug-likeness (QED) is 0.426. The van der Waals surface area contributed by atoms with Gasteiger partial charge in [0.1, 0.15) is 29.5 Å². The van der Waals surface area contributed by atoms with Crippen LogP contribution in [0.25, 0.3) is 22.2 Å². The fraction of sp³-hybridized carbons (Fsp3) is 0.571. The molecule has 3 aromatic rings. The minimum absolute atomic E-state index is 0. The van der Waals surface area contributed by atoms with Crippen molar-refractivity contribution in [1.82, 2.24) is 29.7 Å². The van der Waals surface area contributed by atoms with Crippen molar-refractivity contribution in [1.29, 1.82) is 0 Å². The zero-order valence-electron chi connectivity index (χ0n) is 22.9. The first kappa shape index (κ1) is 26.4. The summed E-state index contributed by atoms with van der Waals surface area (Å²) in [4.78, 5) is 34.4. The molecule has 0 aromatic carbocycles. The third kappa shape index (κ3) is 5.76. The summed E-state index contributed by atoms with van der Waals surface area (Å²) in [7, 11) is 1.59. The number of carbonyl (C=O) groups is 1. The van der Waals surface area contributed by atoms with E-state index in [-0.39, 0.29) is 20.8 Å². The van der Waals surface area contributed by atoms with Crippen LogP contribution in [0.4, 0.5) is 5.82 Å². The lowest BCUT2D eigenvalue weighted by Gasteiger charge is -2.34. The molecule has 10 nitrogen and oxygen atoms in total. The molecule has 0 unspecified atom stereocenters. The smallest absolute Gasteiger partial charge is 0.228 e. The van der Waals surface area contributed by atoms with Crippen LogP contribution in [-0.2, 0) is 4.79 Å². The average molecular weight is 526 g/mol. The van der Waals surface area contributed by atoms with Crippen LogP contribution in [0.15, 0.2) is 24.7 Å². The first-order chi connectivity index (χ1) is 18.6. The standard InChI is InChI=1S/C26H33N7O3.C2H6.2H2/c1-3-32-8-10-33(11-9-32)14-16-12-19(16)24(34)31-21-7-6-18-20(13-27-23(18)30-21)22-25(35-2)28-15-29-26(22)36-17-4-5-17;1-2;;/h6-7,13,15-17,19H,3-5,8-12,14H2,1-2H3,(H2,27,30,31,34);1-2H3;2*1H/t16-,19+;;;/m1.../s1. The number of hydrogen-bond donors (Lipinski definition) is 2. The molecule has 2 saturated carbocycles. The molecule has 1 saturated heterocycles. The predicted molar refractivity (Wildman–Crippen MR) is 152 cm³/mol. The highest BCUT2D eigenvalue weighted by atomic mass is 16.5. The van der Waals surface area contributed by atoms with Crippen LogP contribution < -0.4 is 14.8 Å². The number of likely N-dealkylation sites (N-methyl/N-ethyl adjacent to an activating group) is 1. The van der Waals surface area contributed by atoms with E-state index in [4.69, 9.17) is 9.47 Å². The maximum absolute atomic E-state index is 12.9. The molecule has 208 valence electrons. The second-order valence-electron chi connectivity index (χ2n) is 10.0. The molecule has 3 fully saturated rings. The lowest BCUT2D eigenvalue weighted by atomic mass is 10.1. The van der Waals surface area contributed by atoms with Gasteiger partial charge in [-0.05, 0) is 43.9 Å². The molecule has 6 rings (SSSR count). The van der Waals surface area contributed by atoms with Gasteiger partial charge in [-0.1, -0.05) is 20.8 Å². The molecule has 2 N–H and O–H groups in total. The summed E-state index contributed by atoms with van der Waals surface area (Å²) in [5.74, 6) is 2.08. The number of nitrogens with one attached hydrogen (secondary N) is 2. The highest BCUT2D eigenvalue weighted by Crippen LogP contribution is 2.42. The van der Waals surface area contributed by atoms with E-state index in [0.29, 0.717) is 34.7 Å². The zero-order chi connectivity index (χ0) is 26.6. The van der Waals surface area contributed by atoms with Gasteiger partial charge in [0.05, 0.1) is 7.11 Å². The van der Waals surface area contributed by atoms with Crippen LogP contribution in [0.5, 0.6) is 11.8 Å². The Kier molecular flexibility index (Phi) is 8.09. The van der Waals surface area contributed by atoms with Gasteiger partial charge in [0, 0.05) is 58.6 Å². The second-order valence-corrected chi connectivity index (χ2v) is 10.0. The Morgan fingerprint density at radius 2 is 1.87 bits per heavy atom. The van der Waals surface area contributed by atoms with Crippen molar-refractivity contribution in [2.24, 2.45) is 11.8 Å². The highest BCUT2D eigenvalue weighted by molar-refractivity contribution is 5.99. The maximum atomic E-state index is 12.9. The zero-order valence-corrected chi connectivity index (χ0v) is 22.9. The molecular weight excluding hydrogens is 482 g/mol. The van der Waals surface area contributed by atoms with Gasteiger partial charge in [-0.15, -0.1) is 0 Å². The molecule has 2 atom stereocenters. The number of aromatic amines is 1. The van der Waals surface area contributed by atoms with Crippen LogP contribution >= 0.6 is 0 Å². The molecule has 4 heterocycles. The summed E-state index contributed by atoms with van der Waals surface area (Å²) in [5.41, 5.74) is 2.23. The molecule has 38 heavy (non-hydrogen) atoms. The molecule has 0 spiro atoms. The van der Waals surface area contributed by atoms with Gasteiger partial charge in [-0.25, -0.2) is 15.0 Å². The molecule has 2 aliphatic carbocycles. The fourth-order valence-corrected chi connectivity index (χ4v) is 5.06. The van der Waals surface area contributed by atoms with E-state index in [9.17, 15) is 4.79 Å². The van der Waals surface area contributed by atoms with Gasteiger partial charge in [0.25, 0.3) is 0 Å². The number of piperazine rings is 1. The number of fused-ring (bicyclic) bond motifs is 1. The van der Waals surface area contributed by atoms with E-state index < -0.39 is 0 Å². The summed E-state index contributed by atoms with van der Waals surface area (Å²) in [6.45, 7) is 12.8. The summed E-state index contributed by atoms with van der Waals surface area (Å²) in [6.07, 6.45) is 6.52. The highest BCUT2D eigenvalue weighted by Gasteiger charge is 2.44. The van der Waals surface area contributed by atoms with Crippen LogP contribution in [-0.4, -0.2) is 88.1 Å². The van der Waals surface area contributed by atoms with Crippen molar-refractivity contribution >= 4 is 22.8 Å². The third-order valence-electron chi connectivity index (χ3n) is 7.50. The van der Waals surface area contributed by atoms with Crippen LogP contribution in [0, 0.1) is 11.8 Å². The van der Waals surface area contributed by atoms with Crippen molar-refractivity contribution in [2.75, 3.05) is 51.7 Å². The third-order valence-corrected chi connectivity index (χ3v) is 7.50. The maximum Gasteiger partial charge on any atom is 0.228 e. The summed E-state index contributed by atoms with van der Waals surface area (Å²) >= 11 is 0. The average Bonchev–Trinajstić information content (AvgIpc) is 3.88. The summed E-state index contributed by atoms with van der Waals surface area (Å²) < 4.78 is 11.5. The number of hydrogen-bond acceptors (Lipinski definition) is 8. The van der Waals surface area contributed by atoms with Gasteiger partial charge in [0.15, 0.2) is 0 Å². The number of H-pyrrole nitrogens is 1. The van der Waals surface area contributed by atoms with Crippen molar-refractivity contribution in [2.45, 2.75) is 46.1 Å². The van der Waals surface area contributed by atoms with Gasteiger partial charge < -0.3 is 29.6 Å². The lowest BCUT2D eigenvalue weighted by molar-refractivity contribution is -0.117. The number of rotatable bonds is 9. The molecule has 0 radical (unpaired) electrons. The van der Waals surface area contributed by atoms with Crippen molar-refractivity contribution in [3.63, 3.8) is 0 Å². The SMILES string of the molecule is CC.CCN1CCN(C[C@H]2C[C@@H]2C(=O)Nc2ccc3c(-c4c(OC)ncnc4OC4CC4)c[nH]c3n2)CC1.[HH].[HH]. The second kappa shape index (κ2) is 11.7. The first-order valence-electron chi connectivity index (χ1n) is 13.9. The summed E-state index contributed by atoms with van der Waals surface area (Å²) in [5, 5.41) is 3.91. The number of anilines is 1. The Bertz CT molecular complexity index is 1260. The monoisotopic (exact) mass is 525 g/mol. The molecule has 1 amide bonds. The van der Waals surface area contributed by atoms with E-state index >= 15 is 0 Å². The largest absolute Gasteiger partial charge is 0.480 e. The Hall–Kier alpha value is -3.24. The lowest BCUT2D eigenvalue weighted by Crippen LogP contribution is -2.46. The number of amides is 1. The Morgan fingerprint density at radius 3 is 2.58 bits per heavy atom. The molecule has 10 heteroatoms. The van der Waals surface area contributed by atoms with Crippen molar-refractivity contribution < 1.29 is 17.1 Å². The number of methoxy groups -OCH3 is 1. The van der Waals surface area contributed by atoms with E-state index in [1.165, 1.54) is 6.33 Å². The first-order valence-corrected chi connectivity index (χ1v) is 13.9. The molecular formula is C28H43N7O3. The van der Waals surface area contributed by atoms with E-state index in [2.05, 4.69) is 42.0 Å². The van der Waals surface area contributed by atoms with Gasteiger partial charge in [0.2, 0.25) is 17.7 Å². The van der Waals surface area contributed by atoms with Gasteiger partial charge in [-0.2, -0.15) is 0 Å². The van der Waals surface area contributed by atoms with Crippen LogP contribution in [0.2, 0.25) is 0 Å². The van der Waals surface area contributed by atoms with Crippen LogP contribution in [0.1, 0.15) is 42.9 Å². The van der Waals surface area contributed by atoms with Crippen LogP contribution in [0.3, 0.4) is 0 Å². The predicted octanol–water partition coefficient (Wildman–Crippen LogP) is 4.30. The minimum atomic E-state index is 0. The number of ether oxygens (including phenoxy) is 2. The fourth-order valence-electron chi connectivity index (χ4n) is 5.06. The van der Waals surface area contributed by atoms with Crippen molar-refractivity contribution in [3.05, 3.63) is 24.7 Å². The van der Waals surface area contributed by atoms with E-state index in [1.807, 2.05) is 32.2 Å². The molecule has 1 aliphatic heterocycles. The van der Waals surface area contributed by atoms with E-state index in [0.717, 1.165) is 69.5 Å². The number of pyridine rings is 1. The van der Waals surface area contributed by atoms with Gasteiger partial charge in [-0.3, -0.25) is 4.79 Å². The molecule has 3 aliphatic rings. The molecule has 0 bridgehead atoms. The Morgan fingerprint density at radius 1 is 1.13 bits per heavy atom. The Labute approximate surface area is 227 Å². The minimum Gasteiger partial charge on any atom is -0.480 e. The van der Waals surface area contributed by atoms with Gasteiger partial charge >= 0.3 is 0 Å².